The van der Waals surface area contributed by atoms with Crippen LogP contribution in [0.15, 0.2) is 42.5 Å². The van der Waals surface area contributed by atoms with E-state index in [-0.39, 0.29) is 43.0 Å². The zero-order valence-electron chi connectivity index (χ0n) is 15.9. The second-order valence-corrected chi connectivity index (χ2v) is 7.12. The van der Waals surface area contributed by atoms with Gasteiger partial charge in [0.2, 0.25) is 5.91 Å². The number of hydrogen-bond donors (Lipinski definition) is 4. The number of hydrogen-bond acceptors (Lipinski definition) is 3. The summed E-state index contributed by atoms with van der Waals surface area (Å²) in [6.07, 6.45) is 5.55. The minimum atomic E-state index is -0.287. The van der Waals surface area contributed by atoms with Crippen LogP contribution in [0.1, 0.15) is 43.7 Å². The summed E-state index contributed by atoms with van der Waals surface area (Å²) in [6, 6.07) is 13.7. The van der Waals surface area contributed by atoms with Crippen LogP contribution in [0.2, 0.25) is 0 Å². The van der Waals surface area contributed by atoms with Crippen LogP contribution in [0.4, 0.5) is 4.79 Å². The van der Waals surface area contributed by atoms with Gasteiger partial charge in [-0.05, 0) is 35.2 Å². The van der Waals surface area contributed by atoms with Crippen molar-refractivity contribution >= 4 is 35.1 Å². The van der Waals surface area contributed by atoms with Gasteiger partial charge >= 0.3 is 6.03 Å². The molecule has 6 nitrogen and oxygen atoms in total. The van der Waals surface area contributed by atoms with Gasteiger partial charge in [0.15, 0.2) is 0 Å². The predicted octanol–water partition coefficient (Wildman–Crippen LogP) is 3.01. The standard InChI is InChI=1S/C21H28N4O2.ClH/c22-13-19(17-11-10-15-6-4-5-7-16(15)12-17)25-20(26)14-23-21(27)24-18-8-2-1-3-9-18;/h4-7,10-12,18-19H,1-3,8-9,13-14,22H2,(H,25,26)(H2,23,24,27);1H. The summed E-state index contributed by atoms with van der Waals surface area (Å²) in [6.45, 7) is 0.223. The third-order valence-electron chi connectivity index (χ3n) is 5.10. The lowest BCUT2D eigenvalue weighted by Crippen LogP contribution is -2.47. The van der Waals surface area contributed by atoms with Crippen molar-refractivity contribution in [3.8, 4) is 0 Å². The van der Waals surface area contributed by atoms with E-state index in [2.05, 4.69) is 16.0 Å². The molecule has 3 rings (SSSR count). The van der Waals surface area contributed by atoms with Gasteiger partial charge in [0, 0.05) is 12.6 Å². The van der Waals surface area contributed by atoms with Gasteiger partial charge < -0.3 is 21.7 Å². The largest absolute Gasteiger partial charge is 0.346 e. The lowest BCUT2D eigenvalue weighted by molar-refractivity contribution is -0.120. The summed E-state index contributed by atoms with van der Waals surface area (Å²) >= 11 is 0. The maximum Gasteiger partial charge on any atom is 0.315 e. The molecule has 0 heterocycles. The molecule has 1 atom stereocenters. The lowest BCUT2D eigenvalue weighted by atomic mass is 9.96. The van der Waals surface area contributed by atoms with E-state index in [9.17, 15) is 9.59 Å². The Kier molecular flexibility index (Phi) is 8.54. The highest BCUT2D eigenvalue weighted by atomic mass is 35.5. The molecule has 1 unspecified atom stereocenters. The van der Waals surface area contributed by atoms with E-state index in [4.69, 9.17) is 5.73 Å². The van der Waals surface area contributed by atoms with Crippen LogP contribution in [0.3, 0.4) is 0 Å². The molecule has 0 saturated heterocycles. The highest BCUT2D eigenvalue weighted by Gasteiger charge is 2.17. The molecule has 1 fully saturated rings. The number of nitrogens with one attached hydrogen (secondary N) is 3. The van der Waals surface area contributed by atoms with Gasteiger partial charge in [0.25, 0.3) is 0 Å². The van der Waals surface area contributed by atoms with E-state index in [1.807, 2.05) is 42.5 Å². The van der Waals surface area contributed by atoms with Crippen molar-refractivity contribution in [1.82, 2.24) is 16.0 Å². The van der Waals surface area contributed by atoms with Crippen LogP contribution in [0.25, 0.3) is 10.8 Å². The number of amides is 3. The van der Waals surface area contributed by atoms with Crippen molar-refractivity contribution in [3.63, 3.8) is 0 Å². The summed E-state index contributed by atoms with van der Waals surface area (Å²) in [5, 5.41) is 10.7. The summed E-state index contributed by atoms with van der Waals surface area (Å²) in [4.78, 5) is 24.2. The fraction of sp³-hybridized carbons (Fsp3) is 0.429. The van der Waals surface area contributed by atoms with E-state index in [0.717, 1.165) is 42.0 Å². The molecule has 3 amide bonds. The normalized spacial score (nSPS) is 15.3. The first-order valence-electron chi connectivity index (χ1n) is 9.68. The summed E-state index contributed by atoms with van der Waals surface area (Å²) in [7, 11) is 0. The maximum absolute atomic E-state index is 12.2. The Morgan fingerprint density at radius 3 is 2.46 bits per heavy atom. The molecule has 152 valence electrons. The zero-order valence-corrected chi connectivity index (χ0v) is 16.8. The first-order chi connectivity index (χ1) is 13.2. The second-order valence-electron chi connectivity index (χ2n) is 7.12. The minimum Gasteiger partial charge on any atom is -0.346 e. The van der Waals surface area contributed by atoms with Gasteiger partial charge in [-0.25, -0.2) is 4.79 Å². The monoisotopic (exact) mass is 404 g/mol. The predicted molar refractivity (Wildman–Crippen MR) is 115 cm³/mol. The summed E-state index contributed by atoms with van der Waals surface area (Å²) in [5.74, 6) is -0.252. The van der Waals surface area contributed by atoms with Gasteiger partial charge in [-0.3, -0.25) is 4.79 Å². The molecule has 0 aromatic heterocycles. The third-order valence-corrected chi connectivity index (χ3v) is 5.10. The van der Waals surface area contributed by atoms with Crippen molar-refractivity contribution in [3.05, 3.63) is 48.0 Å². The molecular weight excluding hydrogens is 376 g/mol. The van der Waals surface area contributed by atoms with E-state index in [0.29, 0.717) is 6.54 Å². The third kappa shape index (κ3) is 6.11. The molecule has 28 heavy (non-hydrogen) atoms. The second kappa shape index (κ2) is 10.9. The number of urea groups is 1. The summed E-state index contributed by atoms with van der Waals surface area (Å²) < 4.78 is 0. The first-order valence-corrected chi connectivity index (χ1v) is 9.68. The van der Waals surface area contributed by atoms with Crippen molar-refractivity contribution < 1.29 is 9.59 Å². The number of nitrogens with two attached hydrogens (primary N) is 1. The van der Waals surface area contributed by atoms with Gasteiger partial charge in [0.05, 0.1) is 12.6 Å². The van der Waals surface area contributed by atoms with Crippen LogP contribution in [0.5, 0.6) is 0 Å². The quantitative estimate of drug-likeness (QED) is 0.595. The number of benzene rings is 2. The van der Waals surface area contributed by atoms with Gasteiger partial charge in [-0.2, -0.15) is 0 Å². The number of carbonyl (C=O) groups is 2. The summed E-state index contributed by atoms with van der Waals surface area (Å²) in [5.41, 5.74) is 6.82. The Labute approximate surface area is 172 Å². The average Bonchev–Trinajstić information content (AvgIpc) is 2.71. The van der Waals surface area contributed by atoms with E-state index in [1.54, 1.807) is 0 Å². The van der Waals surface area contributed by atoms with E-state index >= 15 is 0 Å². The smallest absolute Gasteiger partial charge is 0.315 e. The molecule has 0 bridgehead atoms. The molecule has 2 aromatic rings. The highest BCUT2D eigenvalue weighted by molar-refractivity contribution is 5.86. The number of halogens is 1. The Morgan fingerprint density at radius 2 is 1.75 bits per heavy atom. The Hall–Kier alpha value is -2.31. The highest BCUT2D eigenvalue weighted by Crippen LogP contribution is 2.20. The number of carbonyl (C=O) groups excluding carboxylic acids is 2. The Bertz CT molecular complexity index is 793. The molecule has 1 aliphatic rings. The molecule has 2 aromatic carbocycles. The maximum atomic E-state index is 12.2. The SMILES string of the molecule is Cl.NCC(NC(=O)CNC(=O)NC1CCCCC1)c1ccc2ccccc2c1. The van der Waals surface area contributed by atoms with E-state index in [1.165, 1.54) is 6.42 Å². The van der Waals surface area contributed by atoms with Gasteiger partial charge in [0.1, 0.15) is 0 Å². The number of fused-ring (bicyclic) bond motifs is 1. The van der Waals surface area contributed by atoms with Crippen molar-refractivity contribution in [1.29, 1.82) is 0 Å². The molecule has 0 aliphatic heterocycles. The molecule has 7 heteroatoms. The van der Waals surface area contributed by atoms with Crippen molar-refractivity contribution in [2.75, 3.05) is 13.1 Å². The van der Waals surface area contributed by atoms with Crippen molar-refractivity contribution in [2.24, 2.45) is 5.73 Å². The zero-order chi connectivity index (χ0) is 19.1. The van der Waals surface area contributed by atoms with Crippen LogP contribution in [-0.4, -0.2) is 31.1 Å². The topological polar surface area (TPSA) is 96.2 Å². The molecule has 1 aliphatic carbocycles. The van der Waals surface area contributed by atoms with Crippen molar-refractivity contribution in [2.45, 2.75) is 44.2 Å². The fourth-order valence-corrected chi connectivity index (χ4v) is 3.59. The molecule has 0 spiro atoms. The minimum absolute atomic E-state index is 0. The molecule has 0 radical (unpaired) electrons. The fourth-order valence-electron chi connectivity index (χ4n) is 3.59. The van der Waals surface area contributed by atoms with Crippen LogP contribution < -0.4 is 21.7 Å². The van der Waals surface area contributed by atoms with Crippen LogP contribution in [-0.2, 0) is 4.79 Å². The Balaban J connectivity index is 0.00000280. The number of rotatable bonds is 6. The molecule has 5 N–H and O–H groups in total. The molecular formula is C21H29ClN4O2. The molecule has 1 saturated carbocycles. The Morgan fingerprint density at radius 1 is 1.04 bits per heavy atom. The van der Waals surface area contributed by atoms with Gasteiger partial charge in [-0.1, -0.05) is 55.7 Å². The van der Waals surface area contributed by atoms with Crippen LogP contribution >= 0.6 is 12.4 Å². The van der Waals surface area contributed by atoms with E-state index < -0.39 is 0 Å². The first kappa shape index (κ1) is 22.0. The average molecular weight is 405 g/mol. The van der Waals surface area contributed by atoms with Gasteiger partial charge in [-0.15, -0.1) is 12.4 Å². The lowest BCUT2D eigenvalue weighted by Gasteiger charge is -2.23. The van der Waals surface area contributed by atoms with Crippen LogP contribution in [0, 0.1) is 0 Å².